The van der Waals surface area contributed by atoms with Crippen LogP contribution in [0.1, 0.15) is 18.9 Å². The molecule has 2 nitrogen and oxygen atoms in total. The highest BCUT2D eigenvalue weighted by atomic mass is 16.3. The van der Waals surface area contributed by atoms with Gasteiger partial charge in [0.05, 0.1) is 6.10 Å². The molecule has 1 atom stereocenters. The summed E-state index contributed by atoms with van der Waals surface area (Å²) in [5.41, 5.74) is 2.74. The lowest BCUT2D eigenvalue weighted by molar-refractivity contribution is -0.115. The van der Waals surface area contributed by atoms with Gasteiger partial charge in [-0.05, 0) is 18.1 Å². The molecule has 0 spiro atoms. The Labute approximate surface area is 89.2 Å². The number of hydrogen-bond donors (Lipinski definition) is 1. The second kappa shape index (κ2) is 3.99. The van der Waals surface area contributed by atoms with E-state index in [0.29, 0.717) is 6.42 Å². The van der Waals surface area contributed by atoms with Crippen LogP contribution < -0.4 is 0 Å². The Bertz CT molecular complexity index is 404. The third kappa shape index (κ3) is 2.00. The summed E-state index contributed by atoms with van der Waals surface area (Å²) in [4.78, 5) is 11.6. The quantitative estimate of drug-likeness (QED) is 0.795. The maximum atomic E-state index is 11.6. The highest BCUT2D eigenvalue weighted by Gasteiger charge is 2.27. The zero-order chi connectivity index (χ0) is 10.8. The van der Waals surface area contributed by atoms with Crippen molar-refractivity contribution in [2.75, 3.05) is 0 Å². The lowest BCUT2D eigenvalue weighted by atomic mass is 10.0. The largest absolute Gasteiger partial charge is 0.388 e. The second-order valence-electron chi connectivity index (χ2n) is 3.97. The van der Waals surface area contributed by atoms with E-state index in [2.05, 4.69) is 0 Å². The minimum atomic E-state index is -0.559. The lowest BCUT2D eigenvalue weighted by Gasteiger charge is -2.03. The molecule has 15 heavy (non-hydrogen) atoms. The first-order chi connectivity index (χ1) is 7.18. The monoisotopic (exact) mass is 202 g/mol. The molecule has 1 N–H and O–H groups in total. The van der Waals surface area contributed by atoms with Crippen molar-refractivity contribution in [1.82, 2.24) is 0 Å². The molecule has 2 heteroatoms. The average Bonchev–Trinajstić information content (AvgIpc) is 2.47. The van der Waals surface area contributed by atoms with E-state index < -0.39 is 6.10 Å². The highest BCUT2D eigenvalue weighted by Crippen LogP contribution is 2.25. The van der Waals surface area contributed by atoms with Crippen LogP contribution in [-0.4, -0.2) is 17.0 Å². The van der Waals surface area contributed by atoms with Gasteiger partial charge in [-0.25, -0.2) is 0 Å². The number of aliphatic hydroxyl groups excluding tert-OH is 1. The van der Waals surface area contributed by atoms with Crippen molar-refractivity contribution in [3.05, 3.63) is 47.0 Å². The van der Waals surface area contributed by atoms with Gasteiger partial charge < -0.3 is 5.11 Å². The van der Waals surface area contributed by atoms with Gasteiger partial charge in [0.1, 0.15) is 0 Å². The van der Waals surface area contributed by atoms with Crippen LogP contribution in [0.3, 0.4) is 0 Å². The molecule has 0 bridgehead atoms. The van der Waals surface area contributed by atoms with Crippen molar-refractivity contribution in [2.24, 2.45) is 0 Å². The van der Waals surface area contributed by atoms with E-state index in [9.17, 15) is 9.90 Å². The Morgan fingerprint density at radius 1 is 1.33 bits per heavy atom. The molecular formula is C13H14O2. The molecule has 78 valence electrons. The van der Waals surface area contributed by atoms with Crippen molar-refractivity contribution in [3.8, 4) is 0 Å². The SMILES string of the molecule is CC1=C(Cc2ccccc2)C(=O)CC1O. The number of carbonyl (C=O) groups is 1. The Kier molecular flexibility index (Phi) is 2.69. The van der Waals surface area contributed by atoms with Gasteiger partial charge in [-0.3, -0.25) is 4.79 Å². The molecular weight excluding hydrogens is 188 g/mol. The molecule has 0 saturated heterocycles. The van der Waals surface area contributed by atoms with Gasteiger partial charge in [0.2, 0.25) is 0 Å². The highest BCUT2D eigenvalue weighted by molar-refractivity contribution is 5.99. The number of aliphatic hydroxyl groups is 1. The van der Waals surface area contributed by atoms with Crippen molar-refractivity contribution >= 4 is 5.78 Å². The molecule has 0 fully saturated rings. The summed E-state index contributed by atoms with van der Waals surface area (Å²) in [6.07, 6.45) is 0.340. The molecule has 1 aliphatic carbocycles. The van der Waals surface area contributed by atoms with Crippen LogP contribution in [0, 0.1) is 0 Å². The van der Waals surface area contributed by atoms with Crippen molar-refractivity contribution < 1.29 is 9.90 Å². The third-order valence-corrected chi connectivity index (χ3v) is 2.91. The topological polar surface area (TPSA) is 37.3 Å². The lowest BCUT2D eigenvalue weighted by Crippen LogP contribution is -2.03. The van der Waals surface area contributed by atoms with Gasteiger partial charge in [-0.15, -0.1) is 0 Å². The van der Waals surface area contributed by atoms with Crippen molar-refractivity contribution in [2.45, 2.75) is 25.9 Å². The molecule has 0 aromatic heterocycles. The maximum absolute atomic E-state index is 11.6. The van der Waals surface area contributed by atoms with Crippen LogP contribution in [0.15, 0.2) is 41.5 Å². The van der Waals surface area contributed by atoms with Crippen LogP contribution >= 0.6 is 0 Å². The standard InChI is InChI=1S/C13H14O2/c1-9-11(13(15)8-12(9)14)7-10-5-3-2-4-6-10/h2-6,12,14H,7-8H2,1H3. The summed E-state index contributed by atoms with van der Waals surface area (Å²) < 4.78 is 0. The van der Waals surface area contributed by atoms with Crippen LogP contribution in [-0.2, 0) is 11.2 Å². The van der Waals surface area contributed by atoms with Crippen molar-refractivity contribution in [3.63, 3.8) is 0 Å². The van der Waals surface area contributed by atoms with Gasteiger partial charge in [0.25, 0.3) is 0 Å². The van der Waals surface area contributed by atoms with E-state index in [1.54, 1.807) is 0 Å². The van der Waals surface area contributed by atoms with Crippen LogP contribution in [0.4, 0.5) is 0 Å². The number of ketones is 1. The van der Waals surface area contributed by atoms with E-state index in [-0.39, 0.29) is 12.2 Å². The number of hydrogen-bond acceptors (Lipinski definition) is 2. The summed E-state index contributed by atoms with van der Waals surface area (Å²) in [5, 5.41) is 9.54. The Morgan fingerprint density at radius 2 is 2.00 bits per heavy atom. The fourth-order valence-electron chi connectivity index (χ4n) is 1.91. The van der Waals surface area contributed by atoms with E-state index in [4.69, 9.17) is 0 Å². The molecule has 1 aromatic carbocycles. The second-order valence-corrected chi connectivity index (χ2v) is 3.97. The predicted molar refractivity (Wildman–Crippen MR) is 58.5 cm³/mol. The number of rotatable bonds is 2. The Hall–Kier alpha value is -1.41. The summed E-state index contributed by atoms with van der Waals surface area (Å²) in [5.74, 6) is 0.0869. The first-order valence-corrected chi connectivity index (χ1v) is 5.13. The van der Waals surface area contributed by atoms with E-state index in [1.807, 2.05) is 37.3 Å². The summed E-state index contributed by atoms with van der Waals surface area (Å²) >= 11 is 0. The zero-order valence-electron chi connectivity index (χ0n) is 8.73. The fourth-order valence-corrected chi connectivity index (χ4v) is 1.91. The first kappa shape index (κ1) is 10.1. The molecule has 0 aliphatic heterocycles. The average molecular weight is 202 g/mol. The number of allylic oxidation sites excluding steroid dienone is 1. The minimum absolute atomic E-state index is 0.0869. The minimum Gasteiger partial charge on any atom is -0.388 e. The molecule has 2 rings (SSSR count). The van der Waals surface area contributed by atoms with Crippen LogP contribution in [0.25, 0.3) is 0 Å². The third-order valence-electron chi connectivity index (χ3n) is 2.91. The predicted octanol–water partition coefficient (Wildman–Crippen LogP) is 1.88. The maximum Gasteiger partial charge on any atom is 0.162 e. The smallest absolute Gasteiger partial charge is 0.162 e. The van der Waals surface area contributed by atoms with Crippen LogP contribution in [0.5, 0.6) is 0 Å². The van der Waals surface area contributed by atoms with Crippen LogP contribution in [0.2, 0.25) is 0 Å². The van der Waals surface area contributed by atoms with Crippen molar-refractivity contribution in [1.29, 1.82) is 0 Å². The van der Waals surface area contributed by atoms with E-state index in [1.165, 1.54) is 0 Å². The summed E-state index contributed by atoms with van der Waals surface area (Å²) in [6.45, 7) is 1.84. The first-order valence-electron chi connectivity index (χ1n) is 5.13. The van der Waals surface area contributed by atoms with E-state index >= 15 is 0 Å². The molecule has 0 radical (unpaired) electrons. The van der Waals surface area contributed by atoms with Gasteiger partial charge in [-0.2, -0.15) is 0 Å². The Morgan fingerprint density at radius 3 is 2.53 bits per heavy atom. The number of benzene rings is 1. The molecule has 0 saturated carbocycles. The summed E-state index contributed by atoms with van der Waals surface area (Å²) in [6, 6.07) is 9.87. The van der Waals surface area contributed by atoms with Gasteiger partial charge in [0.15, 0.2) is 5.78 Å². The molecule has 1 aromatic rings. The molecule has 1 unspecified atom stereocenters. The van der Waals surface area contributed by atoms with E-state index in [0.717, 1.165) is 16.7 Å². The van der Waals surface area contributed by atoms with Gasteiger partial charge in [-0.1, -0.05) is 30.3 Å². The summed E-state index contributed by atoms with van der Waals surface area (Å²) in [7, 11) is 0. The Balaban J connectivity index is 2.23. The van der Waals surface area contributed by atoms with Gasteiger partial charge >= 0.3 is 0 Å². The van der Waals surface area contributed by atoms with Gasteiger partial charge in [0, 0.05) is 18.4 Å². The number of Topliss-reactive ketones (excluding diaryl/α,β-unsaturated/α-hetero) is 1. The molecule has 0 heterocycles. The normalized spacial score (nSPS) is 21.2. The fraction of sp³-hybridized carbons (Fsp3) is 0.308. The molecule has 1 aliphatic rings. The molecule has 0 amide bonds. The zero-order valence-corrected chi connectivity index (χ0v) is 8.73. The number of carbonyl (C=O) groups excluding carboxylic acids is 1.